The molecule has 2 aromatic rings. The summed E-state index contributed by atoms with van der Waals surface area (Å²) >= 11 is 3.73. The topological polar surface area (TPSA) is 193 Å². The second kappa shape index (κ2) is 10.8. The van der Waals surface area contributed by atoms with Crippen LogP contribution in [0.15, 0.2) is 21.8 Å². The van der Waals surface area contributed by atoms with E-state index in [1.165, 1.54) is 46.7 Å². The van der Waals surface area contributed by atoms with E-state index in [0.717, 1.165) is 4.90 Å². The first kappa shape index (κ1) is 26.7. The molecule has 0 unspecified atom stereocenters. The van der Waals surface area contributed by atoms with Crippen molar-refractivity contribution >= 4 is 63.6 Å². The number of carbonyl (C=O) groups excluding carboxylic acids is 3. The minimum atomic E-state index is -1.70. The number of amides is 2. The zero-order valence-corrected chi connectivity index (χ0v) is 22.8. The van der Waals surface area contributed by atoms with Crippen LogP contribution in [0.3, 0.4) is 0 Å². The molecule has 14 nitrogen and oxygen atoms in total. The van der Waals surface area contributed by atoms with Gasteiger partial charge in [-0.2, -0.15) is 0 Å². The number of thiazole rings is 1. The van der Waals surface area contributed by atoms with Gasteiger partial charge in [-0.15, -0.1) is 28.2 Å². The molecule has 2 atom stereocenters. The van der Waals surface area contributed by atoms with Gasteiger partial charge in [-0.1, -0.05) is 11.8 Å². The Morgan fingerprint density at radius 3 is 2.82 bits per heavy atom. The van der Waals surface area contributed by atoms with Gasteiger partial charge in [-0.3, -0.25) is 14.5 Å². The van der Waals surface area contributed by atoms with Crippen molar-refractivity contribution in [1.82, 2.24) is 35.4 Å². The fourth-order valence-electron chi connectivity index (χ4n) is 3.33. The number of aliphatic carboxylic acids is 1. The smallest absolute Gasteiger partial charge is 0.543 e. The minimum Gasteiger partial charge on any atom is -0.543 e. The Morgan fingerprint density at radius 1 is 1.47 bits per heavy atom. The van der Waals surface area contributed by atoms with Crippen LogP contribution < -0.4 is 51.0 Å². The number of thioether (sulfide) groups is 2. The number of carboxylic acids is 1. The van der Waals surface area contributed by atoms with E-state index in [-0.39, 0.29) is 53.3 Å². The summed E-state index contributed by atoms with van der Waals surface area (Å²) in [4.78, 5) is 42.6. The molecule has 2 amide bonds. The number of nitrogens with one attached hydrogen (secondary N) is 2. The van der Waals surface area contributed by atoms with E-state index < -0.39 is 28.9 Å². The Bertz CT molecular complexity index is 1140. The summed E-state index contributed by atoms with van der Waals surface area (Å²) in [5.41, 5.74) is 4.11. The first-order valence-corrected chi connectivity index (χ1v) is 12.2. The molecule has 4 N–H and O–H groups in total. The fraction of sp³-hybridized carbons (Fsp3) is 0.438. The van der Waals surface area contributed by atoms with Gasteiger partial charge in [0, 0.05) is 31.0 Å². The van der Waals surface area contributed by atoms with Gasteiger partial charge in [-0.25, -0.2) is 9.67 Å². The number of hydrogen-bond donors (Lipinski definition) is 3. The van der Waals surface area contributed by atoms with Crippen LogP contribution in [0.4, 0.5) is 10.9 Å². The molecule has 2 aromatic heterocycles. The third-order valence-electron chi connectivity index (χ3n) is 4.86. The Balaban J connectivity index is 0.00000324. The molecule has 0 spiro atoms. The first-order valence-electron chi connectivity index (χ1n) is 9.31. The van der Waals surface area contributed by atoms with Gasteiger partial charge < -0.3 is 31.0 Å². The van der Waals surface area contributed by atoms with Gasteiger partial charge in [0.25, 0.3) is 11.6 Å². The number of anilines is 2. The average molecular weight is 536 g/mol. The van der Waals surface area contributed by atoms with Gasteiger partial charge in [0.05, 0.1) is 18.2 Å². The van der Waals surface area contributed by atoms with E-state index in [2.05, 4.69) is 31.1 Å². The van der Waals surface area contributed by atoms with Crippen molar-refractivity contribution in [3.63, 3.8) is 0 Å². The number of aromatic nitrogens is 5. The number of nitrogens with zero attached hydrogens (tertiary/aromatic N) is 6. The van der Waals surface area contributed by atoms with Crippen LogP contribution in [-0.4, -0.2) is 84.1 Å². The molecule has 1 saturated heterocycles. The molecule has 0 aliphatic carbocycles. The van der Waals surface area contributed by atoms with Gasteiger partial charge in [0.1, 0.15) is 11.2 Å². The number of fused-ring (bicyclic) bond motifs is 1. The first-order chi connectivity index (χ1) is 15.8. The summed E-state index contributed by atoms with van der Waals surface area (Å²) in [6, 6.07) is 0. The number of nitrogens with two attached hydrogens (primary N) is 1. The molecular weight excluding hydrogens is 517 g/mol. The number of β-lactam (4-membered cyclic amide) rings is 1. The fourth-order valence-corrected chi connectivity index (χ4v) is 6.28. The van der Waals surface area contributed by atoms with Crippen molar-refractivity contribution in [1.29, 1.82) is 0 Å². The number of ether oxygens (including phenoxy) is 1. The van der Waals surface area contributed by atoms with Crippen molar-refractivity contribution in [2.45, 2.75) is 16.3 Å². The molecule has 176 valence electrons. The Labute approximate surface area is 227 Å². The van der Waals surface area contributed by atoms with Crippen LogP contribution in [0.25, 0.3) is 0 Å². The molecule has 34 heavy (non-hydrogen) atoms. The summed E-state index contributed by atoms with van der Waals surface area (Å²) in [5, 5.41) is 30.1. The second-order valence-electron chi connectivity index (χ2n) is 6.86. The SMILES string of the molecule is CO[C@@]1(NC(=O)CNc2csc(N)n2)C(=O)N2C(C(=O)[O-])=C(CSc3nnnn3C)CS[C@H]21.[Na+]. The van der Waals surface area contributed by atoms with Crippen molar-refractivity contribution < 1.29 is 53.8 Å². The van der Waals surface area contributed by atoms with Crippen molar-refractivity contribution in [2.75, 3.05) is 36.2 Å². The molecule has 18 heteroatoms. The van der Waals surface area contributed by atoms with Crippen molar-refractivity contribution in [2.24, 2.45) is 7.05 Å². The standard InChI is InChI=1S/C16H19N9O5S3.Na/c1-24-15(21-22-23-24)33-5-7-4-31-13-16(30-2,12(29)25(13)10(7)11(27)28)20-9(26)3-18-8-6-32-14(17)19-8;/h6,13,18H,3-5H2,1-2H3,(H2,17,19)(H,20,26)(H,27,28);/q;+1/p-1/t13-,16-;/m0./s1. The number of carboxylic acid groups (broad SMARTS) is 1. The van der Waals surface area contributed by atoms with E-state index in [1.54, 1.807) is 12.4 Å². The zero-order valence-electron chi connectivity index (χ0n) is 18.3. The maximum Gasteiger partial charge on any atom is 1.00 e. The summed E-state index contributed by atoms with van der Waals surface area (Å²) in [6.07, 6.45) is 0. The number of carbonyl (C=O) groups is 3. The molecule has 4 rings (SSSR count). The normalized spacial score (nSPS) is 21.4. The number of tetrazole rings is 1. The maximum absolute atomic E-state index is 13.1. The Morgan fingerprint density at radius 2 is 2.24 bits per heavy atom. The largest absolute Gasteiger partial charge is 1.00 e. The zero-order chi connectivity index (χ0) is 23.8. The monoisotopic (exact) mass is 535 g/mol. The number of methoxy groups -OCH3 is 1. The second-order valence-corrected chi connectivity index (χ2v) is 9.77. The quantitative estimate of drug-likeness (QED) is 0.120. The molecule has 1 fully saturated rings. The van der Waals surface area contributed by atoms with Gasteiger partial charge >= 0.3 is 29.6 Å². The van der Waals surface area contributed by atoms with Crippen LogP contribution in [0.2, 0.25) is 0 Å². The van der Waals surface area contributed by atoms with Crippen molar-refractivity contribution in [3.8, 4) is 0 Å². The molecule has 0 bridgehead atoms. The molecule has 2 aliphatic rings. The van der Waals surface area contributed by atoms with E-state index in [0.29, 0.717) is 21.7 Å². The average Bonchev–Trinajstić information content (AvgIpc) is 3.40. The van der Waals surface area contributed by atoms with Crippen LogP contribution in [0.5, 0.6) is 0 Å². The maximum atomic E-state index is 13.1. The summed E-state index contributed by atoms with van der Waals surface area (Å²) in [5.74, 6) is -1.77. The number of aryl methyl sites for hydroxylation is 1. The minimum absolute atomic E-state index is 0. The number of rotatable bonds is 9. The molecule has 0 aromatic carbocycles. The van der Waals surface area contributed by atoms with Gasteiger partial charge in [0.15, 0.2) is 5.13 Å². The van der Waals surface area contributed by atoms with Crippen LogP contribution in [-0.2, 0) is 26.2 Å². The molecule has 2 aliphatic heterocycles. The van der Waals surface area contributed by atoms with Crippen LogP contribution >= 0.6 is 34.9 Å². The van der Waals surface area contributed by atoms with Crippen molar-refractivity contribution in [3.05, 3.63) is 16.7 Å². The summed E-state index contributed by atoms with van der Waals surface area (Å²) in [7, 11) is 2.94. The van der Waals surface area contributed by atoms with Gasteiger partial charge in [-0.05, 0) is 16.0 Å². The van der Waals surface area contributed by atoms with E-state index in [9.17, 15) is 19.5 Å². The summed E-state index contributed by atoms with van der Waals surface area (Å²) in [6.45, 7) is -0.185. The Kier molecular flexibility index (Phi) is 8.48. The number of nitrogen functional groups attached to an aromatic ring is 1. The van der Waals surface area contributed by atoms with E-state index >= 15 is 0 Å². The molecule has 0 saturated carbocycles. The molecular formula is C16H18N9NaO5S3. The van der Waals surface area contributed by atoms with Crippen LogP contribution in [0, 0.1) is 0 Å². The predicted octanol–water partition coefficient (Wildman–Crippen LogP) is -5.16. The summed E-state index contributed by atoms with van der Waals surface area (Å²) < 4.78 is 6.86. The predicted molar refractivity (Wildman–Crippen MR) is 118 cm³/mol. The van der Waals surface area contributed by atoms with Crippen LogP contribution in [0.1, 0.15) is 0 Å². The Hall–Kier alpha value is -1.89. The van der Waals surface area contributed by atoms with E-state index in [4.69, 9.17) is 10.5 Å². The molecule has 4 heterocycles. The third-order valence-corrected chi connectivity index (χ3v) is 8.00. The van der Waals surface area contributed by atoms with Gasteiger partial charge in [0.2, 0.25) is 11.1 Å². The number of hydrogen-bond acceptors (Lipinski definition) is 14. The third kappa shape index (κ3) is 4.91. The molecule has 0 radical (unpaired) electrons. The van der Waals surface area contributed by atoms with E-state index in [1.807, 2.05) is 0 Å².